The third-order valence-electron chi connectivity index (χ3n) is 4.28. The molecular weight excluding hydrogens is 336 g/mol. The zero-order valence-corrected chi connectivity index (χ0v) is 15.3. The van der Waals surface area contributed by atoms with Gasteiger partial charge in [0.15, 0.2) is 5.78 Å². The minimum atomic E-state index is -0.158. The molecular formula is C19H21ClN4O. The summed E-state index contributed by atoms with van der Waals surface area (Å²) in [5.41, 5.74) is 8.66. The summed E-state index contributed by atoms with van der Waals surface area (Å²) < 4.78 is 1.93. The molecule has 0 aliphatic rings. The number of halogens is 1. The van der Waals surface area contributed by atoms with Gasteiger partial charge in [0.1, 0.15) is 17.8 Å². The number of rotatable bonds is 5. The van der Waals surface area contributed by atoms with Crippen molar-refractivity contribution in [3.63, 3.8) is 0 Å². The summed E-state index contributed by atoms with van der Waals surface area (Å²) in [5, 5.41) is 1.09. The first-order chi connectivity index (χ1) is 12.0. The van der Waals surface area contributed by atoms with Gasteiger partial charge in [0, 0.05) is 17.8 Å². The van der Waals surface area contributed by atoms with E-state index in [4.69, 9.17) is 17.3 Å². The van der Waals surface area contributed by atoms with Gasteiger partial charge in [0.2, 0.25) is 0 Å². The van der Waals surface area contributed by atoms with Crippen molar-refractivity contribution in [3.05, 3.63) is 52.4 Å². The van der Waals surface area contributed by atoms with Gasteiger partial charge in [-0.1, -0.05) is 37.1 Å². The molecule has 2 heterocycles. The van der Waals surface area contributed by atoms with Gasteiger partial charge in [-0.3, -0.25) is 4.79 Å². The first kappa shape index (κ1) is 17.4. The molecule has 3 rings (SSSR count). The van der Waals surface area contributed by atoms with Gasteiger partial charge in [-0.15, -0.1) is 0 Å². The van der Waals surface area contributed by atoms with Gasteiger partial charge in [-0.05, 0) is 31.9 Å². The Balaban J connectivity index is 2.20. The molecule has 25 heavy (non-hydrogen) atoms. The van der Waals surface area contributed by atoms with E-state index >= 15 is 0 Å². The third kappa shape index (κ3) is 3.00. The standard InChI is InChI=1S/C19H21ClN4O/c1-4-6-12-7-5-8-13(16(12)20)17(25)14-9-24(11(2)3)19-15(14)18(21)22-10-23-19/h5,7-11H,4,6H2,1-3H3,(H2,21,22,23). The van der Waals surface area contributed by atoms with Crippen LogP contribution in [0.25, 0.3) is 11.0 Å². The van der Waals surface area contributed by atoms with Crippen LogP contribution in [0.5, 0.6) is 0 Å². The molecule has 0 bridgehead atoms. The summed E-state index contributed by atoms with van der Waals surface area (Å²) in [5.74, 6) is 0.141. The number of fused-ring (bicyclic) bond motifs is 1. The molecule has 5 nitrogen and oxygen atoms in total. The van der Waals surface area contributed by atoms with Crippen molar-refractivity contribution in [2.45, 2.75) is 39.7 Å². The van der Waals surface area contributed by atoms with E-state index in [1.54, 1.807) is 12.3 Å². The van der Waals surface area contributed by atoms with E-state index in [-0.39, 0.29) is 11.8 Å². The molecule has 2 N–H and O–H groups in total. The quantitative estimate of drug-likeness (QED) is 0.686. The predicted octanol–water partition coefficient (Wildman–Crippen LogP) is 4.43. The number of ketones is 1. The topological polar surface area (TPSA) is 73.8 Å². The summed E-state index contributed by atoms with van der Waals surface area (Å²) in [4.78, 5) is 21.6. The highest BCUT2D eigenvalue weighted by Crippen LogP contribution is 2.31. The number of carbonyl (C=O) groups excluding carboxylic acids is 1. The number of anilines is 1. The molecule has 0 fully saturated rings. The minimum Gasteiger partial charge on any atom is -0.383 e. The molecule has 6 heteroatoms. The maximum Gasteiger partial charge on any atom is 0.196 e. The average molecular weight is 357 g/mol. The van der Waals surface area contributed by atoms with Gasteiger partial charge < -0.3 is 10.3 Å². The maximum atomic E-state index is 13.2. The number of nitrogens with zero attached hydrogens (tertiary/aromatic N) is 3. The van der Waals surface area contributed by atoms with E-state index in [0.717, 1.165) is 18.4 Å². The smallest absolute Gasteiger partial charge is 0.196 e. The number of benzene rings is 1. The molecule has 130 valence electrons. The molecule has 0 spiro atoms. The second-order valence-electron chi connectivity index (χ2n) is 6.36. The lowest BCUT2D eigenvalue weighted by Crippen LogP contribution is -2.05. The Bertz CT molecular complexity index is 946. The molecule has 0 aliphatic carbocycles. The number of nitrogen functional groups attached to an aromatic ring is 1. The fraction of sp³-hybridized carbons (Fsp3) is 0.316. The minimum absolute atomic E-state index is 0.139. The Morgan fingerprint density at radius 2 is 2.04 bits per heavy atom. The van der Waals surface area contributed by atoms with Crippen molar-refractivity contribution in [1.29, 1.82) is 0 Å². The van der Waals surface area contributed by atoms with Gasteiger partial charge in [-0.2, -0.15) is 0 Å². The number of nitrogens with two attached hydrogens (primary N) is 1. The van der Waals surface area contributed by atoms with E-state index < -0.39 is 0 Å². The van der Waals surface area contributed by atoms with Crippen molar-refractivity contribution >= 4 is 34.2 Å². The summed E-state index contributed by atoms with van der Waals surface area (Å²) in [6.07, 6.45) is 5.01. The normalized spacial score (nSPS) is 11.4. The second-order valence-corrected chi connectivity index (χ2v) is 6.74. The van der Waals surface area contributed by atoms with Gasteiger partial charge >= 0.3 is 0 Å². The van der Waals surface area contributed by atoms with E-state index in [1.807, 2.05) is 30.5 Å². The van der Waals surface area contributed by atoms with Crippen molar-refractivity contribution in [2.24, 2.45) is 0 Å². The largest absolute Gasteiger partial charge is 0.383 e. The van der Waals surface area contributed by atoms with E-state index in [9.17, 15) is 4.79 Å². The third-order valence-corrected chi connectivity index (χ3v) is 4.73. The molecule has 0 radical (unpaired) electrons. The van der Waals surface area contributed by atoms with Crippen molar-refractivity contribution in [3.8, 4) is 0 Å². The Morgan fingerprint density at radius 3 is 2.72 bits per heavy atom. The molecule has 0 unspecified atom stereocenters. The van der Waals surface area contributed by atoms with Crippen LogP contribution in [0.2, 0.25) is 5.02 Å². The van der Waals surface area contributed by atoms with E-state index in [0.29, 0.717) is 33.0 Å². The van der Waals surface area contributed by atoms with Crippen LogP contribution in [-0.4, -0.2) is 20.3 Å². The average Bonchev–Trinajstić information content (AvgIpc) is 2.98. The highest BCUT2D eigenvalue weighted by molar-refractivity contribution is 6.36. The number of carbonyl (C=O) groups is 1. The van der Waals surface area contributed by atoms with Crippen LogP contribution in [0.4, 0.5) is 5.82 Å². The Kier molecular flexibility index (Phi) is 4.77. The fourth-order valence-electron chi connectivity index (χ4n) is 3.04. The summed E-state index contributed by atoms with van der Waals surface area (Å²) in [6, 6.07) is 5.71. The lowest BCUT2D eigenvalue weighted by atomic mass is 9.99. The number of aromatic nitrogens is 3. The van der Waals surface area contributed by atoms with Crippen LogP contribution in [0.15, 0.2) is 30.7 Å². The Labute approximate surface area is 151 Å². The Morgan fingerprint density at radius 1 is 1.28 bits per heavy atom. The predicted molar refractivity (Wildman–Crippen MR) is 101 cm³/mol. The van der Waals surface area contributed by atoms with E-state index in [1.165, 1.54) is 6.33 Å². The molecule has 1 aromatic carbocycles. The molecule has 3 aromatic rings. The van der Waals surface area contributed by atoms with Gasteiger partial charge in [0.05, 0.1) is 16.0 Å². The SMILES string of the molecule is CCCc1cccc(C(=O)c2cn(C(C)C)c3ncnc(N)c23)c1Cl. The van der Waals surface area contributed by atoms with Crippen LogP contribution >= 0.6 is 11.6 Å². The lowest BCUT2D eigenvalue weighted by molar-refractivity contribution is 0.104. The summed E-state index contributed by atoms with van der Waals surface area (Å²) in [7, 11) is 0. The monoisotopic (exact) mass is 356 g/mol. The summed E-state index contributed by atoms with van der Waals surface area (Å²) >= 11 is 6.50. The number of hydrogen-bond donors (Lipinski definition) is 1. The number of aryl methyl sites for hydroxylation is 1. The first-order valence-corrected chi connectivity index (χ1v) is 8.76. The summed E-state index contributed by atoms with van der Waals surface area (Å²) in [6.45, 7) is 6.14. The van der Waals surface area contributed by atoms with Crippen LogP contribution in [0, 0.1) is 0 Å². The molecule has 0 aliphatic heterocycles. The lowest BCUT2D eigenvalue weighted by Gasteiger charge is -2.08. The van der Waals surface area contributed by atoms with Crippen molar-refractivity contribution in [2.75, 3.05) is 5.73 Å². The highest BCUT2D eigenvalue weighted by Gasteiger charge is 2.23. The fourth-order valence-corrected chi connectivity index (χ4v) is 3.34. The zero-order chi connectivity index (χ0) is 18.1. The van der Waals surface area contributed by atoms with Crippen LogP contribution in [0.1, 0.15) is 54.7 Å². The molecule has 0 atom stereocenters. The number of hydrogen-bond acceptors (Lipinski definition) is 4. The van der Waals surface area contributed by atoms with E-state index in [2.05, 4.69) is 16.9 Å². The van der Waals surface area contributed by atoms with Crippen molar-refractivity contribution in [1.82, 2.24) is 14.5 Å². The molecule has 0 saturated carbocycles. The molecule has 0 saturated heterocycles. The van der Waals surface area contributed by atoms with Crippen LogP contribution in [-0.2, 0) is 6.42 Å². The Hall–Kier alpha value is -2.40. The molecule has 0 amide bonds. The van der Waals surface area contributed by atoms with Gasteiger partial charge in [0.25, 0.3) is 0 Å². The maximum absolute atomic E-state index is 13.2. The van der Waals surface area contributed by atoms with Gasteiger partial charge in [-0.25, -0.2) is 9.97 Å². The first-order valence-electron chi connectivity index (χ1n) is 8.38. The molecule has 2 aromatic heterocycles. The van der Waals surface area contributed by atoms with Crippen molar-refractivity contribution < 1.29 is 4.79 Å². The highest BCUT2D eigenvalue weighted by atomic mass is 35.5. The zero-order valence-electron chi connectivity index (χ0n) is 14.6. The van der Waals surface area contributed by atoms with Crippen LogP contribution in [0.3, 0.4) is 0 Å². The second kappa shape index (κ2) is 6.84. The van der Waals surface area contributed by atoms with Crippen LogP contribution < -0.4 is 5.73 Å².